The SMILES string of the molecule is NC(=O)C1CCCN(Cc2cccc(CNCc3ccccc3Cl)c2)C1. The molecular weight excluding hydrogens is 346 g/mol. The number of benzene rings is 2. The Morgan fingerprint density at radius 1 is 1.15 bits per heavy atom. The molecule has 0 radical (unpaired) electrons. The van der Waals surface area contributed by atoms with Crippen molar-refractivity contribution in [3.05, 3.63) is 70.2 Å². The lowest BCUT2D eigenvalue weighted by Gasteiger charge is -2.31. The van der Waals surface area contributed by atoms with E-state index >= 15 is 0 Å². The van der Waals surface area contributed by atoms with Gasteiger partial charge in [0.25, 0.3) is 0 Å². The number of rotatable bonds is 7. The Bertz CT molecular complexity index is 750. The minimum absolute atomic E-state index is 0.00998. The summed E-state index contributed by atoms with van der Waals surface area (Å²) in [5, 5.41) is 4.25. The normalized spacial score (nSPS) is 18.0. The molecule has 2 aromatic rings. The van der Waals surface area contributed by atoms with E-state index in [1.807, 2.05) is 24.3 Å². The molecule has 3 rings (SSSR count). The molecule has 5 heteroatoms. The van der Waals surface area contributed by atoms with Crippen LogP contribution in [-0.4, -0.2) is 23.9 Å². The highest BCUT2D eigenvalue weighted by Crippen LogP contribution is 2.19. The van der Waals surface area contributed by atoms with E-state index in [1.165, 1.54) is 11.1 Å². The maximum absolute atomic E-state index is 11.4. The molecule has 1 unspecified atom stereocenters. The van der Waals surface area contributed by atoms with Crippen LogP contribution in [0.1, 0.15) is 29.5 Å². The molecule has 1 fully saturated rings. The number of hydrogen-bond donors (Lipinski definition) is 2. The summed E-state index contributed by atoms with van der Waals surface area (Å²) in [6.45, 7) is 4.20. The molecule has 1 saturated heterocycles. The van der Waals surface area contributed by atoms with Crippen LogP contribution in [0.2, 0.25) is 5.02 Å². The van der Waals surface area contributed by atoms with Crippen molar-refractivity contribution in [1.29, 1.82) is 0 Å². The molecule has 1 aliphatic heterocycles. The van der Waals surface area contributed by atoms with Crippen LogP contribution < -0.4 is 11.1 Å². The molecule has 4 nitrogen and oxygen atoms in total. The van der Waals surface area contributed by atoms with Gasteiger partial charge in [0, 0.05) is 31.2 Å². The van der Waals surface area contributed by atoms with E-state index in [0.29, 0.717) is 0 Å². The summed E-state index contributed by atoms with van der Waals surface area (Å²) in [6.07, 6.45) is 1.95. The number of carbonyl (C=O) groups excluding carboxylic acids is 1. The summed E-state index contributed by atoms with van der Waals surface area (Å²) in [6, 6.07) is 16.5. The van der Waals surface area contributed by atoms with Gasteiger partial charge in [-0.15, -0.1) is 0 Å². The number of amides is 1. The van der Waals surface area contributed by atoms with Crippen molar-refractivity contribution < 1.29 is 4.79 Å². The van der Waals surface area contributed by atoms with Gasteiger partial charge in [0.1, 0.15) is 0 Å². The molecule has 138 valence electrons. The van der Waals surface area contributed by atoms with E-state index in [-0.39, 0.29) is 11.8 Å². The van der Waals surface area contributed by atoms with Crippen LogP contribution in [0, 0.1) is 5.92 Å². The number of hydrogen-bond acceptors (Lipinski definition) is 3. The van der Waals surface area contributed by atoms with Crippen molar-refractivity contribution in [1.82, 2.24) is 10.2 Å². The number of carbonyl (C=O) groups is 1. The monoisotopic (exact) mass is 371 g/mol. The number of nitrogens with two attached hydrogens (primary N) is 1. The minimum Gasteiger partial charge on any atom is -0.369 e. The predicted molar refractivity (Wildman–Crippen MR) is 106 cm³/mol. The Hall–Kier alpha value is -1.88. The van der Waals surface area contributed by atoms with E-state index in [2.05, 4.69) is 34.5 Å². The van der Waals surface area contributed by atoms with Gasteiger partial charge in [0.2, 0.25) is 5.91 Å². The fraction of sp³-hybridized carbons (Fsp3) is 0.381. The Labute approximate surface area is 160 Å². The van der Waals surface area contributed by atoms with Gasteiger partial charge in [-0.05, 0) is 42.1 Å². The first-order chi connectivity index (χ1) is 12.6. The van der Waals surface area contributed by atoms with Crippen molar-refractivity contribution in [2.24, 2.45) is 11.7 Å². The number of piperidine rings is 1. The maximum Gasteiger partial charge on any atom is 0.221 e. The lowest BCUT2D eigenvalue weighted by molar-refractivity contribution is -0.123. The summed E-state index contributed by atoms with van der Waals surface area (Å²) in [5.41, 5.74) is 9.10. The van der Waals surface area contributed by atoms with E-state index in [9.17, 15) is 4.79 Å². The molecule has 0 aromatic heterocycles. The van der Waals surface area contributed by atoms with Crippen molar-refractivity contribution in [3.8, 4) is 0 Å². The third-order valence-electron chi connectivity index (χ3n) is 4.91. The van der Waals surface area contributed by atoms with Crippen LogP contribution in [0.4, 0.5) is 0 Å². The molecule has 1 aliphatic rings. The number of primary amides is 1. The molecule has 0 spiro atoms. The number of halogens is 1. The summed E-state index contributed by atoms with van der Waals surface area (Å²) < 4.78 is 0. The van der Waals surface area contributed by atoms with Crippen LogP contribution in [0.25, 0.3) is 0 Å². The van der Waals surface area contributed by atoms with E-state index < -0.39 is 0 Å². The molecule has 26 heavy (non-hydrogen) atoms. The molecule has 0 bridgehead atoms. The molecule has 1 amide bonds. The van der Waals surface area contributed by atoms with Gasteiger partial charge in [-0.3, -0.25) is 9.69 Å². The number of likely N-dealkylation sites (tertiary alicyclic amines) is 1. The third kappa shape index (κ3) is 5.31. The van der Waals surface area contributed by atoms with Gasteiger partial charge < -0.3 is 11.1 Å². The lowest BCUT2D eigenvalue weighted by atomic mass is 9.97. The average Bonchev–Trinajstić information content (AvgIpc) is 2.64. The van der Waals surface area contributed by atoms with Crippen molar-refractivity contribution in [2.45, 2.75) is 32.5 Å². The second-order valence-corrected chi connectivity index (χ2v) is 7.40. The first-order valence-electron chi connectivity index (χ1n) is 9.15. The van der Waals surface area contributed by atoms with Gasteiger partial charge in [-0.25, -0.2) is 0 Å². The van der Waals surface area contributed by atoms with E-state index in [4.69, 9.17) is 17.3 Å². The molecule has 3 N–H and O–H groups in total. The van der Waals surface area contributed by atoms with Crippen molar-refractivity contribution in [3.63, 3.8) is 0 Å². The summed E-state index contributed by atoms with van der Waals surface area (Å²) in [5.74, 6) is -0.184. The van der Waals surface area contributed by atoms with Crippen molar-refractivity contribution in [2.75, 3.05) is 13.1 Å². The first-order valence-corrected chi connectivity index (χ1v) is 9.53. The van der Waals surface area contributed by atoms with Crippen LogP contribution in [0.15, 0.2) is 48.5 Å². The topological polar surface area (TPSA) is 58.4 Å². The van der Waals surface area contributed by atoms with Gasteiger partial charge in [0.05, 0.1) is 5.92 Å². The van der Waals surface area contributed by atoms with Crippen LogP contribution in [-0.2, 0) is 24.4 Å². The summed E-state index contributed by atoms with van der Waals surface area (Å²) in [7, 11) is 0. The highest BCUT2D eigenvalue weighted by molar-refractivity contribution is 6.31. The number of nitrogens with one attached hydrogen (secondary N) is 1. The predicted octanol–water partition coefficient (Wildman–Crippen LogP) is 3.33. The molecule has 1 heterocycles. The standard InChI is InChI=1S/C21H26ClN3O/c22-20-9-2-1-7-18(20)13-24-12-16-5-3-6-17(11-16)14-25-10-4-8-19(15-25)21(23)26/h1-3,5-7,9,11,19,24H,4,8,10,12-15H2,(H2,23,26). The summed E-state index contributed by atoms with van der Waals surface area (Å²) in [4.78, 5) is 13.8. The Morgan fingerprint density at radius 2 is 1.96 bits per heavy atom. The fourth-order valence-corrected chi connectivity index (χ4v) is 3.71. The highest BCUT2D eigenvalue weighted by Gasteiger charge is 2.23. The van der Waals surface area contributed by atoms with Gasteiger partial charge in [-0.1, -0.05) is 54.1 Å². The van der Waals surface area contributed by atoms with Crippen LogP contribution in [0.5, 0.6) is 0 Å². The second-order valence-electron chi connectivity index (χ2n) is 6.99. The molecule has 0 aliphatic carbocycles. The van der Waals surface area contributed by atoms with Gasteiger partial charge in [0.15, 0.2) is 0 Å². The van der Waals surface area contributed by atoms with Crippen LogP contribution >= 0.6 is 11.6 Å². The average molecular weight is 372 g/mol. The quantitative estimate of drug-likeness (QED) is 0.784. The van der Waals surface area contributed by atoms with Gasteiger partial charge in [-0.2, -0.15) is 0 Å². The molecule has 0 saturated carbocycles. The second kappa shape index (κ2) is 9.17. The minimum atomic E-state index is -0.174. The summed E-state index contributed by atoms with van der Waals surface area (Å²) >= 11 is 6.20. The lowest BCUT2D eigenvalue weighted by Crippen LogP contribution is -2.40. The Morgan fingerprint density at radius 3 is 2.77 bits per heavy atom. The zero-order valence-electron chi connectivity index (χ0n) is 15.0. The molecule has 2 aromatic carbocycles. The Balaban J connectivity index is 1.53. The fourth-order valence-electron chi connectivity index (χ4n) is 3.51. The number of nitrogens with zero attached hydrogens (tertiary/aromatic N) is 1. The third-order valence-corrected chi connectivity index (χ3v) is 5.28. The van der Waals surface area contributed by atoms with Crippen LogP contribution in [0.3, 0.4) is 0 Å². The molecule has 1 atom stereocenters. The Kier molecular flexibility index (Phi) is 6.67. The maximum atomic E-state index is 11.4. The zero-order valence-corrected chi connectivity index (χ0v) is 15.7. The van der Waals surface area contributed by atoms with E-state index in [1.54, 1.807) is 0 Å². The molecular formula is C21H26ClN3O. The van der Waals surface area contributed by atoms with Gasteiger partial charge >= 0.3 is 0 Å². The van der Waals surface area contributed by atoms with Crippen molar-refractivity contribution >= 4 is 17.5 Å². The highest BCUT2D eigenvalue weighted by atomic mass is 35.5. The van der Waals surface area contributed by atoms with E-state index in [0.717, 1.165) is 56.2 Å². The zero-order chi connectivity index (χ0) is 18.4. The first kappa shape index (κ1) is 18.9. The largest absolute Gasteiger partial charge is 0.369 e. The smallest absolute Gasteiger partial charge is 0.221 e.